The summed E-state index contributed by atoms with van der Waals surface area (Å²) in [6.45, 7) is 0.144. The van der Waals surface area contributed by atoms with Crippen LogP contribution in [0.5, 0.6) is 11.5 Å². The molecule has 164 valence electrons. The third-order valence-electron chi connectivity index (χ3n) is 5.70. The summed E-state index contributed by atoms with van der Waals surface area (Å²) in [7, 11) is -3.81. The largest absolute Gasteiger partial charge is 0.454 e. The number of amides is 1. The summed E-state index contributed by atoms with van der Waals surface area (Å²) in [4.78, 5) is 12.8. The van der Waals surface area contributed by atoms with Gasteiger partial charge in [-0.05, 0) is 60.7 Å². The number of hydrogen-bond donors (Lipinski definition) is 2. The molecule has 0 spiro atoms. The molecule has 0 bridgehead atoms. The minimum Gasteiger partial charge on any atom is -0.454 e. The van der Waals surface area contributed by atoms with Crippen molar-refractivity contribution in [1.82, 2.24) is 4.72 Å². The van der Waals surface area contributed by atoms with Gasteiger partial charge >= 0.3 is 0 Å². The summed E-state index contributed by atoms with van der Waals surface area (Å²) in [5.41, 5.74) is 2.96. The van der Waals surface area contributed by atoms with E-state index in [-0.39, 0.29) is 23.3 Å². The topological polar surface area (TPSA) is 93.7 Å². The van der Waals surface area contributed by atoms with E-state index in [0.717, 1.165) is 24.8 Å². The van der Waals surface area contributed by atoms with Crippen LogP contribution in [-0.4, -0.2) is 21.1 Å². The van der Waals surface area contributed by atoms with E-state index in [4.69, 9.17) is 9.47 Å². The highest BCUT2D eigenvalue weighted by atomic mass is 32.2. The zero-order valence-corrected chi connectivity index (χ0v) is 18.0. The molecule has 1 amide bonds. The summed E-state index contributed by atoms with van der Waals surface area (Å²) in [6, 6.07) is 18.7. The van der Waals surface area contributed by atoms with Crippen molar-refractivity contribution in [3.05, 3.63) is 83.4 Å². The van der Waals surface area contributed by atoms with Gasteiger partial charge in [0.1, 0.15) is 0 Å². The van der Waals surface area contributed by atoms with E-state index < -0.39 is 15.9 Å². The molecule has 0 aromatic heterocycles. The number of ether oxygens (including phenoxy) is 2. The van der Waals surface area contributed by atoms with Gasteiger partial charge in [-0.15, -0.1) is 0 Å². The zero-order valence-electron chi connectivity index (χ0n) is 17.2. The van der Waals surface area contributed by atoms with Crippen molar-refractivity contribution in [2.24, 2.45) is 0 Å². The zero-order chi connectivity index (χ0) is 22.1. The van der Waals surface area contributed by atoms with Crippen molar-refractivity contribution in [3.63, 3.8) is 0 Å². The average molecular weight is 451 g/mol. The molecule has 3 aromatic carbocycles. The van der Waals surface area contributed by atoms with Crippen molar-refractivity contribution in [2.75, 3.05) is 12.1 Å². The number of hydrogen-bond acceptors (Lipinski definition) is 5. The maximum atomic E-state index is 13.1. The van der Waals surface area contributed by atoms with Crippen molar-refractivity contribution in [1.29, 1.82) is 0 Å². The Hall–Kier alpha value is -3.36. The minimum atomic E-state index is -3.81. The van der Waals surface area contributed by atoms with E-state index in [0.29, 0.717) is 17.2 Å². The maximum Gasteiger partial charge on any atom is 0.255 e. The number of anilines is 1. The minimum absolute atomic E-state index is 0.0545. The second-order valence-corrected chi connectivity index (χ2v) is 9.53. The third-order valence-corrected chi connectivity index (χ3v) is 7.17. The van der Waals surface area contributed by atoms with E-state index in [9.17, 15) is 13.2 Å². The molecule has 1 heterocycles. The van der Waals surface area contributed by atoms with E-state index in [1.54, 1.807) is 30.3 Å². The molecule has 8 heteroatoms. The van der Waals surface area contributed by atoms with Crippen LogP contribution in [0.1, 0.15) is 40.4 Å². The standard InChI is InChI=1S/C24H22N2O5S/c27-24(25-18-11-12-22-23(14-18)31-15-30-22)17-7-3-8-19(13-17)32(28,29)26-21-10-4-6-16-5-1-2-9-20(16)21/h1-3,5,7-9,11-14,21,26H,4,6,10,15H2,(H,25,27)/t21-/m1/s1. The molecule has 1 atom stereocenters. The maximum absolute atomic E-state index is 13.1. The molecule has 1 aliphatic carbocycles. The van der Waals surface area contributed by atoms with Crippen LogP contribution in [0.25, 0.3) is 0 Å². The molecule has 0 unspecified atom stereocenters. The first-order chi connectivity index (χ1) is 15.5. The second-order valence-electron chi connectivity index (χ2n) is 7.81. The lowest BCUT2D eigenvalue weighted by atomic mass is 9.88. The van der Waals surface area contributed by atoms with Crippen molar-refractivity contribution < 1.29 is 22.7 Å². The van der Waals surface area contributed by atoms with Crippen LogP contribution >= 0.6 is 0 Å². The van der Waals surface area contributed by atoms with Gasteiger partial charge in [-0.2, -0.15) is 0 Å². The van der Waals surface area contributed by atoms with Gasteiger partial charge < -0.3 is 14.8 Å². The fraction of sp³-hybridized carbons (Fsp3) is 0.208. The van der Waals surface area contributed by atoms with Crippen LogP contribution in [0.4, 0.5) is 5.69 Å². The highest BCUT2D eigenvalue weighted by Crippen LogP contribution is 2.34. The van der Waals surface area contributed by atoms with Gasteiger partial charge in [0.2, 0.25) is 16.8 Å². The van der Waals surface area contributed by atoms with Gasteiger partial charge in [0, 0.05) is 23.4 Å². The van der Waals surface area contributed by atoms with E-state index >= 15 is 0 Å². The lowest BCUT2D eigenvalue weighted by Gasteiger charge is -2.26. The number of aryl methyl sites for hydroxylation is 1. The molecule has 2 N–H and O–H groups in total. The Balaban J connectivity index is 1.35. The van der Waals surface area contributed by atoms with Crippen molar-refractivity contribution in [3.8, 4) is 11.5 Å². The van der Waals surface area contributed by atoms with Crippen LogP contribution in [0.2, 0.25) is 0 Å². The highest BCUT2D eigenvalue weighted by molar-refractivity contribution is 7.89. The molecule has 0 saturated heterocycles. The molecule has 5 rings (SSSR count). The van der Waals surface area contributed by atoms with Crippen molar-refractivity contribution in [2.45, 2.75) is 30.2 Å². The molecule has 32 heavy (non-hydrogen) atoms. The Bertz CT molecular complexity index is 1290. The van der Waals surface area contributed by atoms with Crippen LogP contribution in [0.3, 0.4) is 0 Å². The van der Waals surface area contributed by atoms with E-state index in [2.05, 4.69) is 10.0 Å². The molecule has 0 fully saturated rings. The van der Waals surface area contributed by atoms with Gasteiger partial charge in [-0.3, -0.25) is 4.79 Å². The normalized spacial score (nSPS) is 16.9. The number of fused-ring (bicyclic) bond motifs is 2. The molecule has 2 aliphatic rings. The predicted octanol–water partition coefficient (Wildman–Crippen LogP) is 4.02. The van der Waals surface area contributed by atoms with E-state index in [1.807, 2.05) is 24.3 Å². The Labute approximate surface area is 186 Å². The molecular formula is C24H22N2O5S. The van der Waals surface area contributed by atoms with Gasteiger partial charge in [0.15, 0.2) is 11.5 Å². The van der Waals surface area contributed by atoms with Crippen molar-refractivity contribution >= 4 is 21.6 Å². The van der Waals surface area contributed by atoms with Crippen LogP contribution in [0, 0.1) is 0 Å². The fourth-order valence-electron chi connectivity index (χ4n) is 4.11. The third kappa shape index (κ3) is 4.06. The fourth-order valence-corrected chi connectivity index (χ4v) is 5.41. The highest BCUT2D eigenvalue weighted by Gasteiger charge is 2.26. The first-order valence-corrected chi connectivity index (χ1v) is 11.9. The summed E-state index contributed by atoms with van der Waals surface area (Å²) in [5.74, 6) is 0.756. The molecule has 1 aliphatic heterocycles. The average Bonchev–Trinajstić information content (AvgIpc) is 3.27. The molecule has 0 radical (unpaired) electrons. The second kappa shape index (κ2) is 8.29. The number of rotatable bonds is 5. The Morgan fingerprint density at radius 3 is 2.69 bits per heavy atom. The SMILES string of the molecule is O=C(Nc1ccc2c(c1)OCO2)c1cccc(S(=O)(=O)N[C@@H]2CCCc3ccccc32)c1. The first-order valence-electron chi connectivity index (χ1n) is 10.4. The quantitative estimate of drug-likeness (QED) is 0.612. The number of carbonyl (C=O) groups excluding carboxylic acids is 1. The summed E-state index contributed by atoms with van der Waals surface area (Å²) in [6.07, 6.45) is 2.60. The lowest BCUT2D eigenvalue weighted by molar-refractivity contribution is 0.102. The molecule has 0 saturated carbocycles. The number of sulfonamides is 1. The van der Waals surface area contributed by atoms with Gasteiger partial charge in [0.05, 0.1) is 4.90 Å². The van der Waals surface area contributed by atoms with Crippen LogP contribution < -0.4 is 19.5 Å². The number of carbonyl (C=O) groups is 1. The summed E-state index contributed by atoms with van der Waals surface area (Å²) >= 11 is 0. The smallest absolute Gasteiger partial charge is 0.255 e. The van der Waals surface area contributed by atoms with Gasteiger partial charge in [-0.1, -0.05) is 30.3 Å². The monoisotopic (exact) mass is 450 g/mol. The van der Waals surface area contributed by atoms with E-state index in [1.165, 1.54) is 17.7 Å². The Morgan fingerprint density at radius 2 is 1.78 bits per heavy atom. The van der Waals surface area contributed by atoms with Crippen LogP contribution in [0.15, 0.2) is 71.6 Å². The Kier molecular flexibility index (Phi) is 5.32. The predicted molar refractivity (Wildman–Crippen MR) is 119 cm³/mol. The summed E-state index contributed by atoms with van der Waals surface area (Å²) < 4.78 is 39.6. The molecule has 3 aromatic rings. The molecule has 7 nitrogen and oxygen atoms in total. The van der Waals surface area contributed by atoms with Gasteiger partial charge in [0.25, 0.3) is 5.91 Å². The number of benzene rings is 3. The first kappa shape index (κ1) is 20.5. The van der Waals surface area contributed by atoms with Crippen LogP contribution in [-0.2, 0) is 16.4 Å². The summed E-state index contributed by atoms with van der Waals surface area (Å²) in [5, 5.41) is 2.77. The Morgan fingerprint density at radius 1 is 0.938 bits per heavy atom. The van der Waals surface area contributed by atoms with Gasteiger partial charge in [-0.25, -0.2) is 13.1 Å². The lowest BCUT2D eigenvalue weighted by Crippen LogP contribution is -2.31. The number of nitrogens with one attached hydrogen (secondary N) is 2. The molecular weight excluding hydrogens is 428 g/mol.